The average molecular weight is 429 g/mol. The zero-order valence-electron chi connectivity index (χ0n) is 19.2. The lowest BCUT2D eigenvalue weighted by atomic mass is 10.1. The monoisotopic (exact) mass is 428 g/mol. The average Bonchev–Trinajstić information content (AvgIpc) is 2.76. The Hall–Kier alpha value is -2.96. The van der Waals surface area contributed by atoms with Crippen LogP contribution in [0.3, 0.4) is 0 Å². The van der Waals surface area contributed by atoms with Crippen molar-refractivity contribution in [3.05, 3.63) is 58.5 Å². The first-order valence-electron chi connectivity index (χ1n) is 11.2. The van der Waals surface area contributed by atoms with Crippen molar-refractivity contribution in [3.63, 3.8) is 0 Å². The number of nitrogens with zero attached hydrogens (tertiary/aromatic N) is 2. The molecule has 0 bridgehead atoms. The highest BCUT2D eigenvalue weighted by molar-refractivity contribution is 5.80. The van der Waals surface area contributed by atoms with E-state index in [1.807, 2.05) is 51.2 Å². The Morgan fingerprint density at radius 1 is 1.06 bits per heavy atom. The van der Waals surface area contributed by atoms with Crippen LogP contribution in [0.4, 0.5) is 0 Å². The summed E-state index contributed by atoms with van der Waals surface area (Å²) >= 11 is 0. The van der Waals surface area contributed by atoms with Gasteiger partial charge in [-0.25, -0.2) is 0 Å². The molecule has 0 aliphatic carbocycles. The molecule has 1 heterocycles. The Morgan fingerprint density at radius 2 is 1.84 bits per heavy atom. The van der Waals surface area contributed by atoms with Gasteiger partial charge in [-0.1, -0.05) is 12.1 Å². The van der Waals surface area contributed by atoms with Crippen LogP contribution < -0.4 is 25.7 Å². The Labute approximate surface area is 185 Å². The summed E-state index contributed by atoms with van der Waals surface area (Å²) in [6, 6.07) is 11.3. The van der Waals surface area contributed by atoms with Crippen molar-refractivity contribution >= 4 is 5.96 Å². The Kier molecular flexibility index (Phi) is 10.5. The van der Waals surface area contributed by atoms with Crippen LogP contribution in [0.1, 0.15) is 52.1 Å². The largest absolute Gasteiger partial charge is 0.490 e. The molecule has 0 fully saturated rings. The summed E-state index contributed by atoms with van der Waals surface area (Å²) in [6.45, 7) is 11.4. The minimum atomic E-state index is 0.0385. The molecule has 1 aromatic heterocycles. The SMILES string of the molecule is CCNC(=NCCCCn1ccccc1=O)NC(C)c1ccc(OCC)c(OCC)c1. The van der Waals surface area contributed by atoms with Gasteiger partial charge in [0.2, 0.25) is 5.56 Å². The van der Waals surface area contributed by atoms with Crippen molar-refractivity contribution in [3.8, 4) is 11.5 Å². The van der Waals surface area contributed by atoms with Gasteiger partial charge >= 0.3 is 0 Å². The van der Waals surface area contributed by atoms with Crippen molar-refractivity contribution in [2.24, 2.45) is 4.99 Å². The number of rotatable bonds is 12. The molecule has 7 nitrogen and oxygen atoms in total. The maximum absolute atomic E-state index is 11.8. The third-order valence-electron chi connectivity index (χ3n) is 4.74. The first-order chi connectivity index (χ1) is 15.1. The minimum Gasteiger partial charge on any atom is -0.490 e. The fraction of sp³-hybridized carbons (Fsp3) is 0.500. The number of aryl methyl sites for hydroxylation is 1. The van der Waals surface area contributed by atoms with Gasteiger partial charge in [0.25, 0.3) is 0 Å². The molecule has 0 aliphatic rings. The van der Waals surface area contributed by atoms with Gasteiger partial charge in [0.05, 0.1) is 19.3 Å². The number of ether oxygens (including phenoxy) is 2. The fourth-order valence-electron chi connectivity index (χ4n) is 3.18. The molecule has 0 saturated carbocycles. The van der Waals surface area contributed by atoms with Crippen LogP contribution in [0.2, 0.25) is 0 Å². The van der Waals surface area contributed by atoms with Crippen LogP contribution in [0.15, 0.2) is 52.4 Å². The maximum atomic E-state index is 11.8. The van der Waals surface area contributed by atoms with Crippen molar-refractivity contribution < 1.29 is 9.47 Å². The number of benzene rings is 1. The molecule has 170 valence electrons. The lowest BCUT2D eigenvalue weighted by molar-refractivity contribution is 0.287. The second-order valence-electron chi connectivity index (χ2n) is 7.14. The standard InChI is InChI=1S/C24H36N4O3/c1-5-25-24(26-15-9-11-17-28-16-10-8-12-23(28)29)27-19(4)20-13-14-21(30-6-2)22(18-20)31-7-3/h8,10,12-14,16,18-19H,5-7,9,11,15,17H2,1-4H3,(H2,25,26,27). The molecule has 2 N–H and O–H groups in total. The van der Waals surface area contributed by atoms with Crippen molar-refractivity contribution in [1.82, 2.24) is 15.2 Å². The quantitative estimate of drug-likeness (QED) is 0.306. The summed E-state index contributed by atoms with van der Waals surface area (Å²) in [7, 11) is 0. The van der Waals surface area contributed by atoms with Crippen molar-refractivity contribution in [2.45, 2.75) is 53.1 Å². The molecule has 0 amide bonds. The van der Waals surface area contributed by atoms with Gasteiger partial charge in [0.1, 0.15) is 0 Å². The van der Waals surface area contributed by atoms with E-state index in [4.69, 9.17) is 9.47 Å². The molecule has 0 saturated heterocycles. The molecule has 31 heavy (non-hydrogen) atoms. The molecule has 1 unspecified atom stereocenters. The number of hydrogen-bond donors (Lipinski definition) is 2. The minimum absolute atomic E-state index is 0.0385. The van der Waals surface area contributed by atoms with E-state index in [0.29, 0.717) is 26.3 Å². The second-order valence-corrected chi connectivity index (χ2v) is 7.14. The third kappa shape index (κ3) is 8.00. The van der Waals surface area contributed by atoms with E-state index in [-0.39, 0.29) is 11.6 Å². The topological polar surface area (TPSA) is 76.9 Å². The summed E-state index contributed by atoms with van der Waals surface area (Å²) < 4.78 is 13.1. The number of guanidine groups is 1. The Morgan fingerprint density at radius 3 is 2.55 bits per heavy atom. The van der Waals surface area contributed by atoms with E-state index in [1.54, 1.807) is 16.7 Å². The maximum Gasteiger partial charge on any atom is 0.250 e. The first-order valence-corrected chi connectivity index (χ1v) is 11.2. The molecule has 1 aromatic carbocycles. The van der Waals surface area contributed by atoms with Crippen LogP contribution in [-0.4, -0.2) is 36.8 Å². The molecule has 2 rings (SSSR count). The van der Waals surface area contributed by atoms with Gasteiger partial charge in [0.15, 0.2) is 17.5 Å². The number of pyridine rings is 1. The fourth-order valence-corrected chi connectivity index (χ4v) is 3.18. The lowest BCUT2D eigenvalue weighted by Crippen LogP contribution is -2.38. The number of aliphatic imine (C=N–C) groups is 1. The van der Waals surface area contributed by atoms with E-state index in [2.05, 4.69) is 22.5 Å². The highest BCUT2D eigenvalue weighted by atomic mass is 16.5. The molecule has 7 heteroatoms. The van der Waals surface area contributed by atoms with Gasteiger partial charge in [-0.3, -0.25) is 9.79 Å². The zero-order chi connectivity index (χ0) is 22.5. The molecule has 0 aliphatic heterocycles. The molecule has 1 atom stereocenters. The van der Waals surface area contributed by atoms with E-state index < -0.39 is 0 Å². The molecular weight excluding hydrogens is 392 g/mol. The number of aromatic nitrogens is 1. The summed E-state index contributed by atoms with van der Waals surface area (Å²) in [4.78, 5) is 16.4. The number of hydrogen-bond acceptors (Lipinski definition) is 4. The van der Waals surface area contributed by atoms with Crippen LogP contribution in [0, 0.1) is 0 Å². The van der Waals surface area contributed by atoms with Gasteiger partial charge in [-0.15, -0.1) is 0 Å². The van der Waals surface area contributed by atoms with Crippen LogP contribution in [0.25, 0.3) is 0 Å². The molecule has 0 radical (unpaired) electrons. The van der Waals surface area contributed by atoms with Crippen molar-refractivity contribution in [2.75, 3.05) is 26.3 Å². The summed E-state index contributed by atoms with van der Waals surface area (Å²) in [5.41, 5.74) is 1.14. The third-order valence-corrected chi connectivity index (χ3v) is 4.74. The number of unbranched alkanes of at least 4 members (excludes halogenated alkanes) is 1. The Bertz CT molecular complexity index is 879. The summed E-state index contributed by atoms with van der Waals surface area (Å²) in [5.74, 6) is 2.30. The first kappa shape index (κ1) is 24.3. The molecular formula is C24H36N4O3. The lowest BCUT2D eigenvalue weighted by Gasteiger charge is -2.20. The molecule has 2 aromatic rings. The van der Waals surface area contributed by atoms with Gasteiger partial charge < -0.3 is 24.7 Å². The van der Waals surface area contributed by atoms with Crippen LogP contribution in [-0.2, 0) is 6.54 Å². The van der Waals surface area contributed by atoms with Crippen molar-refractivity contribution in [1.29, 1.82) is 0 Å². The second kappa shape index (κ2) is 13.4. The number of nitrogens with one attached hydrogen (secondary N) is 2. The van der Waals surface area contributed by atoms with Gasteiger partial charge in [-0.05, 0) is 64.3 Å². The summed E-state index contributed by atoms with van der Waals surface area (Å²) in [5, 5.41) is 6.76. The Balaban J connectivity index is 1.94. The highest BCUT2D eigenvalue weighted by Crippen LogP contribution is 2.30. The van der Waals surface area contributed by atoms with E-state index in [0.717, 1.165) is 42.4 Å². The predicted molar refractivity (Wildman–Crippen MR) is 126 cm³/mol. The van der Waals surface area contributed by atoms with Crippen LogP contribution in [0.5, 0.6) is 11.5 Å². The van der Waals surface area contributed by atoms with Gasteiger partial charge in [-0.2, -0.15) is 0 Å². The smallest absolute Gasteiger partial charge is 0.250 e. The van der Waals surface area contributed by atoms with Gasteiger partial charge in [0, 0.05) is 31.9 Å². The van der Waals surface area contributed by atoms with E-state index >= 15 is 0 Å². The normalized spacial score (nSPS) is 12.3. The predicted octanol–water partition coefficient (Wildman–Crippen LogP) is 3.74. The highest BCUT2D eigenvalue weighted by Gasteiger charge is 2.12. The van der Waals surface area contributed by atoms with E-state index in [9.17, 15) is 4.79 Å². The summed E-state index contributed by atoms with van der Waals surface area (Å²) in [6.07, 6.45) is 3.63. The molecule has 0 spiro atoms. The van der Waals surface area contributed by atoms with Crippen LogP contribution >= 0.6 is 0 Å². The zero-order valence-corrected chi connectivity index (χ0v) is 19.2. The van der Waals surface area contributed by atoms with E-state index in [1.165, 1.54) is 0 Å².